The van der Waals surface area contributed by atoms with Crippen molar-refractivity contribution in [2.75, 3.05) is 18.4 Å². The van der Waals surface area contributed by atoms with Crippen molar-refractivity contribution in [1.29, 1.82) is 0 Å². The number of carbonyl (C=O) groups excluding carboxylic acids is 1. The van der Waals surface area contributed by atoms with Gasteiger partial charge >= 0.3 is 0 Å². The van der Waals surface area contributed by atoms with Gasteiger partial charge in [-0.25, -0.2) is 4.98 Å². The molecular formula is C15H19N3OS. The Morgan fingerprint density at radius 1 is 1.30 bits per heavy atom. The van der Waals surface area contributed by atoms with Crippen LogP contribution in [0.1, 0.15) is 16.3 Å². The molecule has 106 valence electrons. The smallest absolute Gasteiger partial charge is 0.238 e. The second-order valence-electron chi connectivity index (χ2n) is 4.65. The van der Waals surface area contributed by atoms with Gasteiger partial charge < -0.3 is 10.6 Å². The summed E-state index contributed by atoms with van der Waals surface area (Å²) in [4.78, 5) is 16.2. The molecule has 0 bridgehead atoms. The normalized spacial score (nSPS) is 10.5. The highest BCUT2D eigenvalue weighted by molar-refractivity contribution is 7.09. The standard InChI is InChI=1S/C15H19N3OS/c1-11-5-3-4-6-14(11)18-15(19)9-16-8-7-13-10-20-12(2)17-13/h3-6,10,16H,7-9H2,1-2H3,(H,18,19). The molecule has 1 aromatic heterocycles. The van der Waals surface area contributed by atoms with Gasteiger partial charge in [0.2, 0.25) is 5.91 Å². The van der Waals surface area contributed by atoms with Gasteiger partial charge in [-0.15, -0.1) is 11.3 Å². The summed E-state index contributed by atoms with van der Waals surface area (Å²) in [6, 6.07) is 7.76. The van der Waals surface area contributed by atoms with Crippen LogP contribution < -0.4 is 10.6 Å². The van der Waals surface area contributed by atoms with E-state index < -0.39 is 0 Å². The summed E-state index contributed by atoms with van der Waals surface area (Å²) in [7, 11) is 0. The number of amides is 1. The Morgan fingerprint density at radius 3 is 2.80 bits per heavy atom. The molecule has 1 aromatic carbocycles. The Labute approximate surface area is 123 Å². The number of benzene rings is 1. The van der Waals surface area contributed by atoms with E-state index in [9.17, 15) is 4.79 Å². The first-order chi connectivity index (χ1) is 9.65. The van der Waals surface area contributed by atoms with Crippen LogP contribution in [-0.4, -0.2) is 24.0 Å². The highest BCUT2D eigenvalue weighted by Gasteiger charge is 2.04. The lowest BCUT2D eigenvalue weighted by Crippen LogP contribution is -2.29. The molecule has 0 radical (unpaired) electrons. The Bertz CT molecular complexity index is 580. The maximum atomic E-state index is 11.8. The first-order valence-electron chi connectivity index (χ1n) is 6.62. The molecule has 0 aliphatic rings. The zero-order valence-corrected chi connectivity index (χ0v) is 12.6. The van der Waals surface area contributed by atoms with Gasteiger partial charge in [0, 0.05) is 24.0 Å². The van der Waals surface area contributed by atoms with Gasteiger partial charge in [-0.1, -0.05) is 18.2 Å². The van der Waals surface area contributed by atoms with Crippen molar-refractivity contribution >= 4 is 22.9 Å². The van der Waals surface area contributed by atoms with Gasteiger partial charge in [0.05, 0.1) is 17.2 Å². The van der Waals surface area contributed by atoms with Gasteiger partial charge in [-0.3, -0.25) is 4.79 Å². The Hall–Kier alpha value is -1.72. The van der Waals surface area contributed by atoms with Gasteiger partial charge in [-0.2, -0.15) is 0 Å². The number of nitrogens with one attached hydrogen (secondary N) is 2. The molecule has 0 spiro atoms. The quantitative estimate of drug-likeness (QED) is 0.804. The predicted octanol–water partition coefficient (Wildman–Crippen LogP) is 2.53. The average Bonchev–Trinajstić information content (AvgIpc) is 2.83. The summed E-state index contributed by atoms with van der Waals surface area (Å²) >= 11 is 1.65. The van der Waals surface area contributed by atoms with Crippen molar-refractivity contribution in [2.24, 2.45) is 0 Å². The number of hydrogen-bond donors (Lipinski definition) is 2. The molecular weight excluding hydrogens is 270 g/mol. The summed E-state index contributed by atoms with van der Waals surface area (Å²) in [6.07, 6.45) is 0.849. The van der Waals surface area contributed by atoms with E-state index in [0.29, 0.717) is 6.54 Å². The van der Waals surface area contributed by atoms with E-state index in [4.69, 9.17) is 0 Å². The number of carbonyl (C=O) groups is 1. The number of nitrogens with zero attached hydrogens (tertiary/aromatic N) is 1. The lowest BCUT2D eigenvalue weighted by molar-refractivity contribution is -0.115. The van der Waals surface area contributed by atoms with E-state index >= 15 is 0 Å². The predicted molar refractivity (Wildman–Crippen MR) is 83.2 cm³/mol. The molecule has 4 nitrogen and oxygen atoms in total. The van der Waals surface area contributed by atoms with Crippen molar-refractivity contribution in [3.05, 3.63) is 45.9 Å². The van der Waals surface area contributed by atoms with E-state index in [0.717, 1.165) is 34.9 Å². The first-order valence-corrected chi connectivity index (χ1v) is 7.50. The van der Waals surface area contributed by atoms with Crippen LogP contribution in [0.25, 0.3) is 0 Å². The SMILES string of the molecule is Cc1nc(CCNCC(=O)Nc2ccccc2C)cs1. The topological polar surface area (TPSA) is 54.0 Å². The molecule has 0 atom stereocenters. The molecule has 5 heteroatoms. The van der Waals surface area contributed by atoms with Gasteiger partial charge in [0.1, 0.15) is 0 Å². The monoisotopic (exact) mass is 289 g/mol. The number of hydrogen-bond acceptors (Lipinski definition) is 4. The number of aryl methyl sites for hydroxylation is 2. The number of aromatic nitrogens is 1. The average molecular weight is 289 g/mol. The van der Waals surface area contributed by atoms with Crippen LogP contribution in [0.2, 0.25) is 0 Å². The minimum atomic E-state index is -0.0197. The van der Waals surface area contributed by atoms with Crippen LogP contribution in [-0.2, 0) is 11.2 Å². The minimum Gasteiger partial charge on any atom is -0.325 e. The molecule has 2 N–H and O–H groups in total. The first kappa shape index (κ1) is 14.7. The molecule has 0 saturated carbocycles. The molecule has 2 rings (SSSR count). The van der Waals surface area contributed by atoms with Gasteiger partial charge in [0.15, 0.2) is 0 Å². The second-order valence-corrected chi connectivity index (χ2v) is 5.71. The summed E-state index contributed by atoms with van der Waals surface area (Å²) in [5, 5.41) is 9.17. The zero-order chi connectivity index (χ0) is 14.4. The zero-order valence-electron chi connectivity index (χ0n) is 11.8. The van der Waals surface area contributed by atoms with Crippen LogP contribution in [0.15, 0.2) is 29.6 Å². The molecule has 0 fully saturated rings. The van der Waals surface area contributed by atoms with Crippen LogP contribution in [0.4, 0.5) is 5.69 Å². The number of para-hydroxylation sites is 1. The van der Waals surface area contributed by atoms with Crippen LogP contribution in [0, 0.1) is 13.8 Å². The lowest BCUT2D eigenvalue weighted by Gasteiger charge is -2.08. The molecule has 0 aliphatic carbocycles. The number of thiazole rings is 1. The molecule has 0 aliphatic heterocycles. The molecule has 0 unspecified atom stereocenters. The molecule has 1 amide bonds. The van der Waals surface area contributed by atoms with Gasteiger partial charge in [-0.05, 0) is 25.5 Å². The van der Waals surface area contributed by atoms with Gasteiger partial charge in [0.25, 0.3) is 0 Å². The van der Waals surface area contributed by atoms with Crippen LogP contribution in [0.3, 0.4) is 0 Å². The fraction of sp³-hybridized carbons (Fsp3) is 0.333. The molecule has 2 aromatic rings. The largest absolute Gasteiger partial charge is 0.325 e. The maximum Gasteiger partial charge on any atom is 0.238 e. The number of anilines is 1. The highest BCUT2D eigenvalue weighted by Crippen LogP contribution is 2.12. The fourth-order valence-corrected chi connectivity index (χ4v) is 2.50. The summed E-state index contributed by atoms with van der Waals surface area (Å²) in [5.74, 6) is -0.0197. The Balaban J connectivity index is 1.69. The highest BCUT2D eigenvalue weighted by atomic mass is 32.1. The van der Waals surface area contributed by atoms with Crippen molar-refractivity contribution in [3.63, 3.8) is 0 Å². The second kappa shape index (κ2) is 7.17. The van der Waals surface area contributed by atoms with E-state index in [2.05, 4.69) is 21.0 Å². The summed E-state index contributed by atoms with van der Waals surface area (Å²) < 4.78 is 0. The van der Waals surface area contributed by atoms with E-state index in [-0.39, 0.29) is 5.91 Å². The van der Waals surface area contributed by atoms with E-state index in [1.807, 2.05) is 38.1 Å². The molecule has 20 heavy (non-hydrogen) atoms. The van der Waals surface area contributed by atoms with E-state index in [1.54, 1.807) is 11.3 Å². The van der Waals surface area contributed by atoms with Crippen molar-refractivity contribution in [1.82, 2.24) is 10.3 Å². The third-order valence-electron chi connectivity index (χ3n) is 2.93. The van der Waals surface area contributed by atoms with Crippen molar-refractivity contribution in [3.8, 4) is 0 Å². The van der Waals surface area contributed by atoms with E-state index in [1.165, 1.54) is 0 Å². The van der Waals surface area contributed by atoms with Crippen LogP contribution >= 0.6 is 11.3 Å². The lowest BCUT2D eigenvalue weighted by atomic mass is 10.2. The third-order valence-corrected chi connectivity index (χ3v) is 3.75. The van der Waals surface area contributed by atoms with Crippen LogP contribution in [0.5, 0.6) is 0 Å². The minimum absolute atomic E-state index is 0.0197. The summed E-state index contributed by atoms with van der Waals surface area (Å²) in [5.41, 5.74) is 3.02. The number of rotatable bonds is 6. The summed E-state index contributed by atoms with van der Waals surface area (Å²) in [6.45, 7) is 5.05. The van der Waals surface area contributed by atoms with Crippen molar-refractivity contribution in [2.45, 2.75) is 20.3 Å². The fourth-order valence-electron chi connectivity index (χ4n) is 1.85. The molecule has 1 heterocycles. The Kier molecular flexibility index (Phi) is 5.26. The Morgan fingerprint density at radius 2 is 2.10 bits per heavy atom. The van der Waals surface area contributed by atoms with Crippen molar-refractivity contribution < 1.29 is 4.79 Å². The maximum absolute atomic E-state index is 11.8. The molecule has 0 saturated heterocycles. The third kappa shape index (κ3) is 4.43.